The third kappa shape index (κ3) is 3.28. The largest absolute Gasteiger partial charge is 0.313 e. The Morgan fingerprint density at radius 2 is 1.76 bits per heavy atom. The number of aromatic nitrogens is 2. The van der Waals surface area contributed by atoms with E-state index in [0.29, 0.717) is 6.04 Å². The average molecular weight is 245 g/mol. The molecule has 0 saturated heterocycles. The maximum absolute atomic E-state index is 4.19. The molecule has 0 fully saturated rings. The molecule has 1 N–H and O–H groups in total. The Morgan fingerprint density at radius 3 is 2.35 bits per heavy atom. The predicted octanol–water partition coefficient (Wildman–Crippen LogP) is 2.91. The molecule has 0 amide bonds. The molecule has 17 heavy (non-hydrogen) atoms. The van der Waals surface area contributed by atoms with Gasteiger partial charge in [0.25, 0.3) is 0 Å². The standard InChI is InChI=1S/C13H15N3S/c1-10(14-2)11-4-6-12(7-5-11)17-13-15-8-3-9-16-13/h3-10,14H,1-2H3. The minimum absolute atomic E-state index is 0.377. The second kappa shape index (κ2) is 5.80. The Balaban J connectivity index is 2.08. The van der Waals surface area contributed by atoms with E-state index in [2.05, 4.69) is 46.5 Å². The quantitative estimate of drug-likeness (QED) is 0.840. The number of nitrogens with zero attached hydrogens (tertiary/aromatic N) is 2. The Morgan fingerprint density at radius 1 is 1.12 bits per heavy atom. The van der Waals surface area contributed by atoms with Gasteiger partial charge in [-0.25, -0.2) is 9.97 Å². The molecule has 1 unspecified atom stereocenters. The van der Waals surface area contributed by atoms with Gasteiger partial charge in [-0.2, -0.15) is 0 Å². The predicted molar refractivity (Wildman–Crippen MR) is 70.1 cm³/mol. The number of benzene rings is 1. The molecule has 2 rings (SSSR count). The highest BCUT2D eigenvalue weighted by Gasteiger charge is 2.03. The van der Waals surface area contributed by atoms with Crippen molar-refractivity contribution >= 4 is 11.8 Å². The molecule has 1 heterocycles. The lowest BCUT2D eigenvalue weighted by Gasteiger charge is -2.10. The second-order valence-electron chi connectivity index (χ2n) is 3.71. The Kier molecular flexibility index (Phi) is 4.12. The number of hydrogen-bond acceptors (Lipinski definition) is 4. The molecule has 0 radical (unpaired) electrons. The van der Waals surface area contributed by atoms with Crippen molar-refractivity contribution in [1.29, 1.82) is 0 Å². The van der Waals surface area contributed by atoms with E-state index in [1.165, 1.54) is 5.56 Å². The summed E-state index contributed by atoms with van der Waals surface area (Å²) in [6, 6.07) is 10.7. The van der Waals surface area contributed by atoms with Gasteiger partial charge in [0.1, 0.15) is 0 Å². The molecule has 0 bridgehead atoms. The smallest absolute Gasteiger partial charge is 0.192 e. The van der Waals surface area contributed by atoms with E-state index in [1.807, 2.05) is 13.1 Å². The zero-order valence-corrected chi connectivity index (χ0v) is 10.7. The first kappa shape index (κ1) is 12.1. The summed E-state index contributed by atoms with van der Waals surface area (Å²) >= 11 is 1.57. The minimum atomic E-state index is 0.377. The van der Waals surface area contributed by atoms with Crippen LogP contribution in [0.4, 0.5) is 0 Å². The lowest BCUT2D eigenvalue weighted by atomic mass is 10.1. The third-order valence-corrected chi connectivity index (χ3v) is 3.47. The van der Waals surface area contributed by atoms with E-state index in [-0.39, 0.29) is 0 Å². The Labute approximate surface area is 106 Å². The fourth-order valence-electron chi connectivity index (χ4n) is 1.43. The van der Waals surface area contributed by atoms with Crippen LogP contribution in [0, 0.1) is 0 Å². The van der Waals surface area contributed by atoms with Crippen LogP contribution in [0.3, 0.4) is 0 Å². The van der Waals surface area contributed by atoms with Crippen molar-refractivity contribution < 1.29 is 0 Å². The second-order valence-corrected chi connectivity index (χ2v) is 4.75. The molecule has 3 nitrogen and oxygen atoms in total. The Bertz CT molecular complexity index is 456. The highest BCUT2D eigenvalue weighted by Crippen LogP contribution is 2.25. The SMILES string of the molecule is CNC(C)c1ccc(Sc2ncccn2)cc1. The van der Waals surface area contributed by atoms with Gasteiger partial charge < -0.3 is 5.32 Å². The van der Waals surface area contributed by atoms with Crippen molar-refractivity contribution in [2.75, 3.05) is 7.05 Å². The summed E-state index contributed by atoms with van der Waals surface area (Å²) in [5.74, 6) is 0. The Hall–Kier alpha value is -1.39. The fraction of sp³-hybridized carbons (Fsp3) is 0.231. The van der Waals surface area contributed by atoms with E-state index in [9.17, 15) is 0 Å². The average Bonchev–Trinajstić information content (AvgIpc) is 2.40. The van der Waals surface area contributed by atoms with Gasteiger partial charge in [0.15, 0.2) is 5.16 Å². The summed E-state index contributed by atoms with van der Waals surface area (Å²) < 4.78 is 0. The summed E-state index contributed by atoms with van der Waals surface area (Å²) in [4.78, 5) is 9.53. The van der Waals surface area contributed by atoms with Crippen molar-refractivity contribution in [3.8, 4) is 0 Å². The van der Waals surface area contributed by atoms with Crippen LogP contribution in [0.5, 0.6) is 0 Å². The molecular weight excluding hydrogens is 230 g/mol. The molecule has 1 aromatic heterocycles. The van der Waals surface area contributed by atoms with Crippen molar-refractivity contribution in [3.05, 3.63) is 48.3 Å². The van der Waals surface area contributed by atoms with Crippen LogP contribution >= 0.6 is 11.8 Å². The summed E-state index contributed by atoms with van der Waals surface area (Å²) in [6.45, 7) is 2.14. The molecule has 0 saturated carbocycles. The van der Waals surface area contributed by atoms with Gasteiger partial charge in [0.05, 0.1) is 0 Å². The van der Waals surface area contributed by atoms with Gasteiger partial charge in [-0.05, 0) is 49.5 Å². The van der Waals surface area contributed by atoms with Gasteiger partial charge in [-0.3, -0.25) is 0 Å². The maximum atomic E-state index is 4.19. The summed E-state index contributed by atoms with van der Waals surface area (Å²) in [7, 11) is 1.96. The monoisotopic (exact) mass is 245 g/mol. The first-order valence-corrected chi connectivity index (χ1v) is 6.33. The molecule has 0 aliphatic heterocycles. The molecule has 0 aliphatic rings. The summed E-state index contributed by atoms with van der Waals surface area (Å²) in [6.07, 6.45) is 3.51. The fourth-order valence-corrected chi connectivity index (χ4v) is 2.14. The van der Waals surface area contributed by atoms with E-state index in [4.69, 9.17) is 0 Å². The first-order valence-electron chi connectivity index (χ1n) is 5.51. The highest BCUT2D eigenvalue weighted by atomic mass is 32.2. The molecular formula is C13H15N3S. The normalized spacial score (nSPS) is 12.4. The van der Waals surface area contributed by atoms with Gasteiger partial charge in [0, 0.05) is 23.3 Å². The van der Waals surface area contributed by atoms with Crippen LogP contribution in [-0.4, -0.2) is 17.0 Å². The van der Waals surface area contributed by atoms with Crippen LogP contribution in [0.1, 0.15) is 18.5 Å². The molecule has 4 heteroatoms. The van der Waals surface area contributed by atoms with Crippen molar-refractivity contribution in [2.24, 2.45) is 0 Å². The van der Waals surface area contributed by atoms with Gasteiger partial charge >= 0.3 is 0 Å². The van der Waals surface area contributed by atoms with E-state index < -0.39 is 0 Å². The van der Waals surface area contributed by atoms with Crippen molar-refractivity contribution in [1.82, 2.24) is 15.3 Å². The third-order valence-electron chi connectivity index (χ3n) is 2.56. The van der Waals surface area contributed by atoms with Crippen molar-refractivity contribution in [2.45, 2.75) is 23.0 Å². The topological polar surface area (TPSA) is 37.8 Å². The molecule has 2 aromatic rings. The number of nitrogens with one attached hydrogen (secondary N) is 1. The van der Waals surface area contributed by atoms with Gasteiger partial charge in [0.2, 0.25) is 0 Å². The van der Waals surface area contributed by atoms with Crippen LogP contribution in [-0.2, 0) is 0 Å². The van der Waals surface area contributed by atoms with E-state index >= 15 is 0 Å². The van der Waals surface area contributed by atoms with Crippen LogP contribution in [0.2, 0.25) is 0 Å². The zero-order chi connectivity index (χ0) is 12.1. The van der Waals surface area contributed by atoms with E-state index in [0.717, 1.165) is 10.1 Å². The van der Waals surface area contributed by atoms with Crippen LogP contribution < -0.4 is 5.32 Å². The van der Waals surface area contributed by atoms with E-state index in [1.54, 1.807) is 24.2 Å². The van der Waals surface area contributed by atoms with Crippen LogP contribution in [0.25, 0.3) is 0 Å². The summed E-state index contributed by atoms with van der Waals surface area (Å²) in [5.41, 5.74) is 1.28. The highest BCUT2D eigenvalue weighted by molar-refractivity contribution is 7.99. The maximum Gasteiger partial charge on any atom is 0.192 e. The lowest BCUT2D eigenvalue weighted by molar-refractivity contribution is 0.652. The molecule has 88 valence electrons. The zero-order valence-electron chi connectivity index (χ0n) is 9.92. The lowest BCUT2D eigenvalue weighted by Crippen LogP contribution is -2.11. The molecule has 1 atom stereocenters. The van der Waals surface area contributed by atoms with Crippen LogP contribution in [0.15, 0.2) is 52.8 Å². The number of rotatable bonds is 4. The number of hydrogen-bond donors (Lipinski definition) is 1. The van der Waals surface area contributed by atoms with Gasteiger partial charge in [-0.15, -0.1) is 0 Å². The minimum Gasteiger partial charge on any atom is -0.313 e. The molecule has 0 spiro atoms. The molecule has 0 aliphatic carbocycles. The first-order chi connectivity index (χ1) is 8.29. The van der Waals surface area contributed by atoms with Gasteiger partial charge in [-0.1, -0.05) is 12.1 Å². The van der Waals surface area contributed by atoms with Crippen molar-refractivity contribution in [3.63, 3.8) is 0 Å². The summed E-state index contributed by atoms with van der Waals surface area (Å²) in [5, 5.41) is 4.00. The molecule has 1 aromatic carbocycles.